The molecule has 5 heteroatoms. The summed E-state index contributed by atoms with van der Waals surface area (Å²) >= 11 is 0. The van der Waals surface area contributed by atoms with Gasteiger partial charge >= 0.3 is 0 Å². The summed E-state index contributed by atoms with van der Waals surface area (Å²) in [5, 5.41) is 8.68. The van der Waals surface area contributed by atoms with Crippen LogP contribution in [0.4, 0.5) is 0 Å². The fraction of sp³-hybridized carbons (Fsp3) is 0.538. The molecule has 0 aliphatic heterocycles. The molecule has 0 spiro atoms. The van der Waals surface area contributed by atoms with Gasteiger partial charge in [0.15, 0.2) is 15.5 Å². The highest BCUT2D eigenvalue weighted by Crippen LogP contribution is 2.29. The van der Waals surface area contributed by atoms with Crippen molar-refractivity contribution in [3.8, 4) is 6.07 Å². The third-order valence-corrected chi connectivity index (χ3v) is 5.69. The monoisotopic (exact) mass is 264 g/mol. The second kappa shape index (κ2) is 5.07. The van der Waals surface area contributed by atoms with E-state index in [-0.39, 0.29) is 15.8 Å². The summed E-state index contributed by atoms with van der Waals surface area (Å²) in [5.41, 5.74) is 0.690. The summed E-state index contributed by atoms with van der Waals surface area (Å²) in [4.78, 5) is 4.11. The summed E-state index contributed by atoms with van der Waals surface area (Å²) in [6.45, 7) is 1.75. The van der Waals surface area contributed by atoms with Gasteiger partial charge in [0, 0.05) is 5.69 Å². The van der Waals surface area contributed by atoms with Crippen molar-refractivity contribution in [1.29, 1.82) is 5.26 Å². The lowest BCUT2D eigenvalue weighted by atomic mass is 10.0. The summed E-state index contributed by atoms with van der Waals surface area (Å²) in [6.07, 6.45) is 4.39. The molecule has 0 saturated heterocycles. The average Bonchev–Trinajstić information content (AvgIpc) is 2.39. The van der Waals surface area contributed by atoms with E-state index in [1.165, 1.54) is 6.07 Å². The number of nitriles is 1. The molecular weight excluding hydrogens is 248 g/mol. The van der Waals surface area contributed by atoms with Crippen molar-refractivity contribution in [2.75, 3.05) is 0 Å². The summed E-state index contributed by atoms with van der Waals surface area (Å²) in [6, 6.07) is 5.06. The second-order valence-electron chi connectivity index (χ2n) is 4.72. The first kappa shape index (κ1) is 13.0. The minimum absolute atomic E-state index is 0.0283. The Morgan fingerprint density at radius 1 is 1.28 bits per heavy atom. The Morgan fingerprint density at radius 3 is 2.56 bits per heavy atom. The van der Waals surface area contributed by atoms with Gasteiger partial charge in [-0.25, -0.2) is 13.4 Å². The van der Waals surface area contributed by atoms with E-state index < -0.39 is 9.84 Å². The maximum absolute atomic E-state index is 12.5. The zero-order chi connectivity index (χ0) is 13.2. The Balaban J connectivity index is 2.44. The fourth-order valence-corrected chi connectivity index (χ4v) is 4.34. The molecule has 1 heterocycles. The van der Waals surface area contributed by atoms with Crippen LogP contribution in [-0.4, -0.2) is 18.7 Å². The van der Waals surface area contributed by atoms with E-state index >= 15 is 0 Å². The molecule has 0 aromatic carbocycles. The van der Waals surface area contributed by atoms with Crippen LogP contribution < -0.4 is 0 Å². The maximum Gasteiger partial charge on any atom is 0.184 e. The molecule has 0 amide bonds. The third kappa shape index (κ3) is 2.39. The minimum atomic E-state index is -3.41. The minimum Gasteiger partial charge on any atom is -0.241 e. The van der Waals surface area contributed by atoms with E-state index in [1.54, 1.807) is 13.0 Å². The molecule has 18 heavy (non-hydrogen) atoms. The highest BCUT2D eigenvalue weighted by atomic mass is 32.2. The van der Waals surface area contributed by atoms with E-state index in [0.29, 0.717) is 18.5 Å². The molecule has 0 atom stereocenters. The van der Waals surface area contributed by atoms with Gasteiger partial charge in [-0.2, -0.15) is 5.26 Å². The quantitative estimate of drug-likeness (QED) is 0.822. The van der Waals surface area contributed by atoms with E-state index in [1.807, 2.05) is 6.07 Å². The normalized spacial score (nSPS) is 17.3. The van der Waals surface area contributed by atoms with Crippen LogP contribution in [0.5, 0.6) is 0 Å². The molecule has 4 nitrogen and oxygen atoms in total. The molecule has 96 valence electrons. The largest absolute Gasteiger partial charge is 0.241 e. The van der Waals surface area contributed by atoms with Gasteiger partial charge in [-0.3, -0.25) is 0 Å². The lowest BCUT2D eigenvalue weighted by Crippen LogP contribution is -2.25. The van der Waals surface area contributed by atoms with Crippen LogP contribution in [-0.2, 0) is 9.84 Å². The van der Waals surface area contributed by atoms with Gasteiger partial charge in [-0.05, 0) is 31.9 Å². The van der Waals surface area contributed by atoms with E-state index in [4.69, 9.17) is 5.26 Å². The SMILES string of the molecule is Cc1ccc(S(=O)(=O)C2CCCCC2)c(C#N)n1. The summed E-state index contributed by atoms with van der Waals surface area (Å²) in [5.74, 6) is 0. The molecule has 0 radical (unpaired) electrons. The zero-order valence-electron chi connectivity index (χ0n) is 10.4. The summed E-state index contributed by atoms with van der Waals surface area (Å²) in [7, 11) is -3.41. The fourth-order valence-electron chi connectivity index (χ4n) is 2.41. The number of sulfone groups is 1. The average molecular weight is 264 g/mol. The van der Waals surface area contributed by atoms with Gasteiger partial charge in [-0.15, -0.1) is 0 Å². The van der Waals surface area contributed by atoms with Crippen LogP contribution in [0.2, 0.25) is 0 Å². The number of hydrogen-bond donors (Lipinski definition) is 0. The third-order valence-electron chi connectivity index (χ3n) is 3.40. The first-order chi connectivity index (χ1) is 8.55. The first-order valence-electron chi connectivity index (χ1n) is 6.17. The highest BCUT2D eigenvalue weighted by molar-refractivity contribution is 7.92. The van der Waals surface area contributed by atoms with Crippen LogP contribution in [0.15, 0.2) is 17.0 Å². The van der Waals surface area contributed by atoms with Gasteiger partial charge < -0.3 is 0 Å². The molecule has 1 saturated carbocycles. The Morgan fingerprint density at radius 2 is 1.94 bits per heavy atom. The molecule has 0 bridgehead atoms. The zero-order valence-corrected chi connectivity index (χ0v) is 11.2. The molecule has 0 N–H and O–H groups in total. The second-order valence-corrected chi connectivity index (χ2v) is 6.91. The van der Waals surface area contributed by atoms with Gasteiger partial charge in [0.05, 0.1) is 5.25 Å². The first-order valence-corrected chi connectivity index (χ1v) is 7.72. The van der Waals surface area contributed by atoms with Crippen molar-refractivity contribution in [3.63, 3.8) is 0 Å². The number of aryl methyl sites for hydroxylation is 1. The van der Waals surface area contributed by atoms with Crippen LogP contribution in [0.3, 0.4) is 0 Å². The standard InChI is InChI=1S/C13H16N2O2S/c1-10-7-8-13(12(9-14)15-10)18(16,17)11-5-3-2-4-6-11/h7-8,11H,2-6H2,1H3. The van der Waals surface area contributed by atoms with Crippen molar-refractivity contribution >= 4 is 9.84 Å². The maximum atomic E-state index is 12.5. The Labute approximate surface area is 108 Å². The molecule has 1 aromatic rings. The molecule has 1 aromatic heterocycles. The predicted octanol–water partition coefficient (Wildman–Crippen LogP) is 2.37. The van der Waals surface area contributed by atoms with E-state index in [2.05, 4.69) is 4.98 Å². The summed E-state index contributed by atoms with van der Waals surface area (Å²) < 4.78 is 25.0. The van der Waals surface area contributed by atoms with Crippen molar-refractivity contribution in [1.82, 2.24) is 4.98 Å². The number of nitrogens with zero attached hydrogens (tertiary/aromatic N) is 2. The number of hydrogen-bond acceptors (Lipinski definition) is 4. The molecule has 1 aliphatic rings. The smallest absolute Gasteiger partial charge is 0.184 e. The number of pyridine rings is 1. The van der Waals surface area contributed by atoms with Crippen molar-refractivity contribution in [2.24, 2.45) is 0 Å². The van der Waals surface area contributed by atoms with Gasteiger partial charge in [0.25, 0.3) is 0 Å². The molecular formula is C13H16N2O2S. The van der Waals surface area contributed by atoms with Crippen molar-refractivity contribution in [2.45, 2.75) is 49.2 Å². The number of aromatic nitrogens is 1. The Kier molecular flexibility index (Phi) is 3.67. The topological polar surface area (TPSA) is 70.8 Å². The lowest BCUT2D eigenvalue weighted by molar-refractivity contribution is 0.483. The molecule has 1 aliphatic carbocycles. The lowest BCUT2D eigenvalue weighted by Gasteiger charge is -2.22. The van der Waals surface area contributed by atoms with Gasteiger partial charge in [-0.1, -0.05) is 19.3 Å². The van der Waals surface area contributed by atoms with Gasteiger partial charge in [0.1, 0.15) is 11.0 Å². The van der Waals surface area contributed by atoms with Crippen molar-refractivity contribution in [3.05, 3.63) is 23.5 Å². The molecule has 0 unspecified atom stereocenters. The highest BCUT2D eigenvalue weighted by Gasteiger charge is 2.31. The van der Waals surface area contributed by atoms with Crippen LogP contribution in [0, 0.1) is 18.3 Å². The van der Waals surface area contributed by atoms with Crippen LogP contribution in [0.25, 0.3) is 0 Å². The van der Waals surface area contributed by atoms with Gasteiger partial charge in [0.2, 0.25) is 0 Å². The Bertz CT molecular complexity index is 581. The van der Waals surface area contributed by atoms with Crippen molar-refractivity contribution < 1.29 is 8.42 Å². The van der Waals surface area contributed by atoms with Crippen LogP contribution >= 0.6 is 0 Å². The van der Waals surface area contributed by atoms with E-state index in [0.717, 1.165) is 19.3 Å². The van der Waals surface area contributed by atoms with Crippen LogP contribution in [0.1, 0.15) is 43.5 Å². The molecule has 1 fully saturated rings. The molecule has 2 rings (SSSR count). The predicted molar refractivity (Wildman–Crippen MR) is 67.7 cm³/mol. The number of rotatable bonds is 2. The van der Waals surface area contributed by atoms with E-state index in [9.17, 15) is 8.42 Å². The Hall–Kier alpha value is -1.41.